The van der Waals surface area contributed by atoms with Crippen molar-refractivity contribution in [3.05, 3.63) is 71.8 Å². The number of rotatable bonds is 12. The maximum atomic E-state index is 12.1. The van der Waals surface area contributed by atoms with Crippen molar-refractivity contribution < 1.29 is 19.5 Å². The Labute approximate surface area is 170 Å². The first kappa shape index (κ1) is 22.1. The quantitative estimate of drug-likeness (QED) is 0.498. The number of carboxylic acids is 1. The van der Waals surface area contributed by atoms with Gasteiger partial charge in [0.2, 0.25) is 11.8 Å². The third kappa shape index (κ3) is 9.53. The summed E-state index contributed by atoms with van der Waals surface area (Å²) in [4.78, 5) is 36.6. The van der Waals surface area contributed by atoms with E-state index in [0.29, 0.717) is 25.9 Å². The first-order chi connectivity index (χ1) is 14.0. The first-order valence-corrected chi connectivity index (χ1v) is 9.58. The van der Waals surface area contributed by atoms with Crippen molar-refractivity contribution >= 4 is 17.8 Å². The summed E-state index contributed by atoms with van der Waals surface area (Å²) in [6, 6.07) is 19.5. The highest BCUT2D eigenvalue weighted by Gasteiger charge is 2.17. The Morgan fingerprint density at radius 2 is 1.10 bits per heavy atom. The molecule has 2 rings (SSSR count). The molecular weight excluding hydrogens is 370 g/mol. The van der Waals surface area contributed by atoms with E-state index in [1.165, 1.54) is 4.90 Å². The van der Waals surface area contributed by atoms with Crippen LogP contribution in [0.1, 0.15) is 11.1 Å². The number of carboxylic acid groups (broad SMARTS) is 1. The SMILES string of the molecule is O=C(O)CN(CC(=O)NCCc1ccccc1)CC(=O)NCCc1ccccc1. The van der Waals surface area contributed by atoms with Crippen molar-refractivity contribution in [3.8, 4) is 0 Å². The van der Waals surface area contributed by atoms with Crippen molar-refractivity contribution in [1.82, 2.24) is 15.5 Å². The lowest BCUT2D eigenvalue weighted by Crippen LogP contribution is -2.45. The number of benzene rings is 2. The zero-order valence-electron chi connectivity index (χ0n) is 16.3. The van der Waals surface area contributed by atoms with Crippen LogP contribution in [0.25, 0.3) is 0 Å². The van der Waals surface area contributed by atoms with Gasteiger partial charge in [0.15, 0.2) is 0 Å². The van der Waals surface area contributed by atoms with Gasteiger partial charge >= 0.3 is 5.97 Å². The molecule has 0 aliphatic rings. The molecule has 29 heavy (non-hydrogen) atoms. The molecule has 0 radical (unpaired) electrons. The van der Waals surface area contributed by atoms with Crippen LogP contribution in [0.4, 0.5) is 0 Å². The van der Waals surface area contributed by atoms with E-state index in [9.17, 15) is 14.4 Å². The lowest BCUT2D eigenvalue weighted by molar-refractivity contribution is -0.139. The number of carbonyl (C=O) groups is 3. The van der Waals surface area contributed by atoms with Gasteiger partial charge in [-0.25, -0.2) is 0 Å². The van der Waals surface area contributed by atoms with E-state index in [1.54, 1.807) is 0 Å². The number of carbonyl (C=O) groups excluding carboxylic acids is 2. The molecule has 2 aromatic rings. The Morgan fingerprint density at radius 1 is 0.690 bits per heavy atom. The minimum absolute atomic E-state index is 0.146. The normalized spacial score (nSPS) is 10.5. The zero-order chi connectivity index (χ0) is 20.9. The predicted octanol–water partition coefficient (Wildman–Crippen LogP) is 1.09. The standard InChI is InChI=1S/C22H27N3O4/c26-20(23-13-11-18-7-3-1-4-8-18)15-25(17-22(28)29)16-21(27)24-14-12-19-9-5-2-6-10-19/h1-10H,11-17H2,(H,23,26)(H,24,27)(H,28,29). The molecule has 0 saturated heterocycles. The van der Waals surface area contributed by atoms with Crippen LogP contribution in [0.5, 0.6) is 0 Å². The molecular formula is C22H27N3O4. The Kier molecular flexibility index (Phi) is 9.38. The Hall–Kier alpha value is -3.19. The van der Waals surface area contributed by atoms with Crippen molar-refractivity contribution in [3.63, 3.8) is 0 Å². The molecule has 154 valence electrons. The largest absolute Gasteiger partial charge is 0.480 e. The second-order valence-corrected chi connectivity index (χ2v) is 6.71. The van der Waals surface area contributed by atoms with Crippen molar-refractivity contribution in [2.45, 2.75) is 12.8 Å². The Balaban J connectivity index is 1.72. The van der Waals surface area contributed by atoms with E-state index in [1.807, 2.05) is 60.7 Å². The van der Waals surface area contributed by atoms with Crippen molar-refractivity contribution in [1.29, 1.82) is 0 Å². The van der Waals surface area contributed by atoms with Crippen molar-refractivity contribution in [2.75, 3.05) is 32.7 Å². The van der Waals surface area contributed by atoms with Crippen LogP contribution in [-0.4, -0.2) is 60.5 Å². The van der Waals surface area contributed by atoms with E-state index in [4.69, 9.17) is 5.11 Å². The molecule has 0 aliphatic heterocycles. The summed E-state index contributed by atoms with van der Waals surface area (Å²) in [7, 11) is 0. The highest BCUT2D eigenvalue weighted by Crippen LogP contribution is 1.99. The molecule has 0 spiro atoms. The van der Waals surface area contributed by atoms with E-state index < -0.39 is 5.97 Å². The lowest BCUT2D eigenvalue weighted by atomic mass is 10.1. The van der Waals surface area contributed by atoms with Gasteiger partial charge in [0.1, 0.15) is 0 Å². The zero-order valence-corrected chi connectivity index (χ0v) is 16.3. The highest BCUT2D eigenvalue weighted by molar-refractivity contribution is 5.82. The van der Waals surface area contributed by atoms with Crippen LogP contribution in [0.2, 0.25) is 0 Å². The Bertz CT molecular complexity index is 722. The van der Waals surface area contributed by atoms with E-state index in [2.05, 4.69) is 10.6 Å². The number of hydrogen-bond acceptors (Lipinski definition) is 4. The molecule has 0 aliphatic carbocycles. The summed E-state index contributed by atoms with van der Waals surface area (Å²) < 4.78 is 0. The van der Waals surface area contributed by atoms with Crippen LogP contribution in [0, 0.1) is 0 Å². The number of nitrogens with zero attached hydrogens (tertiary/aromatic N) is 1. The fourth-order valence-electron chi connectivity index (χ4n) is 2.86. The molecule has 3 N–H and O–H groups in total. The minimum atomic E-state index is -1.08. The van der Waals surface area contributed by atoms with Gasteiger partial charge in [-0.3, -0.25) is 19.3 Å². The molecule has 2 amide bonds. The summed E-state index contributed by atoms with van der Waals surface area (Å²) in [5, 5.41) is 14.6. The molecule has 0 saturated carbocycles. The average molecular weight is 397 g/mol. The molecule has 2 aromatic carbocycles. The van der Waals surface area contributed by atoms with Gasteiger partial charge in [-0.05, 0) is 24.0 Å². The fraction of sp³-hybridized carbons (Fsp3) is 0.318. The third-order valence-corrected chi connectivity index (χ3v) is 4.25. The monoisotopic (exact) mass is 397 g/mol. The van der Waals surface area contributed by atoms with E-state index in [0.717, 1.165) is 11.1 Å². The molecule has 0 bridgehead atoms. The predicted molar refractivity (Wildman–Crippen MR) is 110 cm³/mol. The van der Waals surface area contributed by atoms with Gasteiger partial charge in [-0.1, -0.05) is 60.7 Å². The van der Waals surface area contributed by atoms with E-state index >= 15 is 0 Å². The van der Waals surface area contributed by atoms with Gasteiger partial charge in [-0.15, -0.1) is 0 Å². The number of aliphatic carboxylic acids is 1. The topological polar surface area (TPSA) is 98.7 Å². The second kappa shape index (κ2) is 12.3. The number of amides is 2. The first-order valence-electron chi connectivity index (χ1n) is 9.58. The van der Waals surface area contributed by atoms with Crippen LogP contribution >= 0.6 is 0 Å². The summed E-state index contributed by atoms with van der Waals surface area (Å²) in [6.07, 6.45) is 1.37. The number of nitrogens with one attached hydrogen (secondary N) is 2. The van der Waals surface area contributed by atoms with Gasteiger partial charge in [0.25, 0.3) is 0 Å². The maximum absolute atomic E-state index is 12.1. The molecule has 0 unspecified atom stereocenters. The molecule has 0 heterocycles. The lowest BCUT2D eigenvalue weighted by Gasteiger charge is -2.19. The summed E-state index contributed by atoms with van der Waals surface area (Å²) >= 11 is 0. The second-order valence-electron chi connectivity index (χ2n) is 6.71. The summed E-state index contributed by atoms with van der Waals surface area (Å²) in [5.41, 5.74) is 2.21. The third-order valence-electron chi connectivity index (χ3n) is 4.25. The van der Waals surface area contributed by atoms with E-state index in [-0.39, 0.29) is 31.4 Å². The van der Waals surface area contributed by atoms with Gasteiger partial charge in [0.05, 0.1) is 19.6 Å². The maximum Gasteiger partial charge on any atom is 0.317 e. The van der Waals surface area contributed by atoms with Crippen molar-refractivity contribution in [2.24, 2.45) is 0 Å². The summed E-state index contributed by atoms with van der Waals surface area (Å²) in [5.74, 6) is -1.70. The van der Waals surface area contributed by atoms with Gasteiger partial charge < -0.3 is 15.7 Å². The van der Waals surface area contributed by atoms with Crippen LogP contribution in [0.3, 0.4) is 0 Å². The van der Waals surface area contributed by atoms with Crippen LogP contribution in [-0.2, 0) is 27.2 Å². The Morgan fingerprint density at radius 3 is 1.48 bits per heavy atom. The fourth-order valence-corrected chi connectivity index (χ4v) is 2.86. The summed E-state index contributed by atoms with van der Waals surface area (Å²) in [6.45, 7) is 0.235. The minimum Gasteiger partial charge on any atom is -0.480 e. The molecule has 0 fully saturated rings. The van der Waals surface area contributed by atoms with Crippen LogP contribution < -0.4 is 10.6 Å². The molecule has 7 nitrogen and oxygen atoms in total. The van der Waals surface area contributed by atoms with Crippen LogP contribution in [0.15, 0.2) is 60.7 Å². The smallest absolute Gasteiger partial charge is 0.317 e. The van der Waals surface area contributed by atoms with Gasteiger partial charge in [-0.2, -0.15) is 0 Å². The molecule has 0 aromatic heterocycles. The average Bonchev–Trinajstić information content (AvgIpc) is 2.69. The molecule has 0 atom stereocenters. The number of hydrogen-bond donors (Lipinski definition) is 3. The molecule has 7 heteroatoms. The highest BCUT2D eigenvalue weighted by atomic mass is 16.4. The van der Waals surface area contributed by atoms with Gasteiger partial charge in [0, 0.05) is 13.1 Å².